The summed E-state index contributed by atoms with van der Waals surface area (Å²) in [6.45, 7) is 2.81. The molecular formula is C18H19ClN4O2. The van der Waals surface area contributed by atoms with Gasteiger partial charge in [-0.15, -0.1) is 0 Å². The molecule has 3 heterocycles. The summed E-state index contributed by atoms with van der Waals surface area (Å²) in [4.78, 5) is 22.9. The fourth-order valence-corrected chi connectivity index (χ4v) is 3.69. The van der Waals surface area contributed by atoms with E-state index in [1.54, 1.807) is 42.7 Å². The standard InChI is InChI=1S/C18H19ClN4O2/c19-14-4-2-12(3-5-14)17(24)23-9-15-13(11-25-16(15)10-23)8-22-18-20-6-1-7-21-18/h1-7,13,15-16H,8-11H2,(H,20,21,22)/t13-,15+,16+/m0/s1. The van der Waals surface area contributed by atoms with Crippen LogP contribution in [0.4, 0.5) is 5.95 Å². The van der Waals surface area contributed by atoms with Gasteiger partial charge in [0.15, 0.2) is 0 Å². The molecule has 2 aliphatic rings. The van der Waals surface area contributed by atoms with E-state index in [1.165, 1.54) is 0 Å². The maximum Gasteiger partial charge on any atom is 0.253 e. The van der Waals surface area contributed by atoms with E-state index in [9.17, 15) is 4.79 Å². The first-order chi connectivity index (χ1) is 12.2. The minimum atomic E-state index is 0.0350. The van der Waals surface area contributed by atoms with E-state index in [1.807, 2.05) is 4.90 Å². The number of halogens is 1. The molecule has 25 heavy (non-hydrogen) atoms. The number of nitrogens with one attached hydrogen (secondary N) is 1. The van der Waals surface area contributed by atoms with E-state index in [0.717, 1.165) is 6.54 Å². The molecule has 2 fully saturated rings. The molecule has 1 aromatic heterocycles. The molecule has 0 spiro atoms. The second kappa shape index (κ2) is 6.98. The molecule has 6 nitrogen and oxygen atoms in total. The number of amides is 1. The number of ether oxygens (including phenoxy) is 1. The number of hydrogen-bond acceptors (Lipinski definition) is 5. The van der Waals surface area contributed by atoms with Crippen molar-refractivity contribution in [3.05, 3.63) is 53.3 Å². The Morgan fingerprint density at radius 1 is 1.24 bits per heavy atom. The summed E-state index contributed by atoms with van der Waals surface area (Å²) < 4.78 is 5.92. The Bertz CT molecular complexity index is 741. The number of benzene rings is 1. The summed E-state index contributed by atoms with van der Waals surface area (Å²) in [5.41, 5.74) is 0.664. The molecule has 0 radical (unpaired) electrons. The van der Waals surface area contributed by atoms with Crippen molar-refractivity contribution in [1.29, 1.82) is 0 Å². The Hall–Kier alpha value is -2.18. The molecule has 4 rings (SSSR count). The van der Waals surface area contributed by atoms with Gasteiger partial charge in [0, 0.05) is 54.4 Å². The Kier molecular flexibility index (Phi) is 4.55. The highest BCUT2D eigenvalue weighted by molar-refractivity contribution is 6.30. The van der Waals surface area contributed by atoms with Gasteiger partial charge in [-0.1, -0.05) is 11.6 Å². The largest absolute Gasteiger partial charge is 0.376 e. The molecule has 3 atom stereocenters. The molecule has 130 valence electrons. The smallest absolute Gasteiger partial charge is 0.253 e. The van der Waals surface area contributed by atoms with Gasteiger partial charge in [0.25, 0.3) is 5.91 Å². The van der Waals surface area contributed by atoms with Crippen molar-refractivity contribution in [1.82, 2.24) is 14.9 Å². The minimum Gasteiger partial charge on any atom is -0.376 e. The van der Waals surface area contributed by atoms with Gasteiger partial charge in [-0.2, -0.15) is 0 Å². The van der Waals surface area contributed by atoms with Crippen molar-refractivity contribution >= 4 is 23.5 Å². The second-order valence-electron chi connectivity index (χ2n) is 6.47. The van der Waals surface area contributed by atoms with Gasteiger partial charge < -0.3 is 15.0 Å². The molecule has 1 amide bonds. The SMILES string of the molecule is O=C(c1ccc(Cl)cc1)N1C[C@@H]2[C@@H](CNc3ncccn3)CO[C@@H]2C1. The lowest BCUT2D eigenvalue weighted by Crippen LogP contribution is -2.32. The molecule has 1 N–H and O–H groups in total. The third kappa shape index (κ3) is 3.45. The molecule has 0 aliphatic carbocycles. The van der Waals surface area contributed by atoms with Crippen LogP contribution in [0.3, 0.4) is 0 Å². The zero-order valence-corrected chi connectivity index (χ0v) is 14.4. The zero-order chi connectivity index (χ0) is 17.2. The fourth-order valence-electron chi connectivity index (χ4n) is 3.56. The number of likely N-dealkylation sites (tertiary alicyclic amines) is 1. The van der Waals surface area contributed by atoms with E-state index in [-0.39, 0.29) is 12.0 Å². The first kappa shape index (κ1) is 16.3. The molecular weight excluding hydrogens is 340 g/mol. The van der Waals surface area contributed by atoms with Crippen molar-refractivity contribution in [3.8, 4) is 0 Å². The molecule has 2 saturated heterocycles. The molecule has 0 saturated carbocycles. The Labute approximate surface area is 151 Å². The second-order valence-corrected chi connectivity index (χ2v) is 6.90. The van der Waals surface area contributed by atoms with Crippen LogP contribution in [0.25, 0.3) is 0 Å². The van der Waals surface area contributed by atoms with Crippen molar-refractivity contribution in [2.24, 2.45) is 11.8 Å². The van der Waals surface area contributed by atoms with E-state index >= 15 is 0 Å². The number of fused-ring (bicyclic) bond motifs is 1. The number of hydrogen-bond donors (Lipinski definition) is 1. The quantitative estimate of drug-likeness (QED) is 0.908. The van der Waals surface area contributed by atoms with Crippen LogP contribution in [-0.4, -0.2) is 53.1 Å². The van der Waals surface area contributed by atoms with E-state index in [4.69, 9.17) is 16.3 Å². The maximum atomic E-state index is 12.7. The predicted octanol–water partition coefficient (Wildman–Crippen LogP) is 2.33. The minimum absolute atomic E-state index is 0.0350. The van der Waals surface area contributed by atoms with Crippen LogP contribution in [0.15, 0.2) is 42.7 Å². The van der Waals surface area contributed by atoms with Gasteiger partial charge in [0.2, 0.25) is 5.95 Å². The van der Waals surface area contributed by atoms with Crippen LogP contribution in [-0.2, 0) is 4.74 Å². The summed E-state index contributed by atoms with van der Waals surface area (Å²) in [5, 5.41) is 3.89. The van der Waals surface area contributed by atoms with Crippen LogP contribution in [0, 0.1) is 11.8 Å². The Balaban J connectivity index is 1.37. The van der Waals surface area contributed by atoms with Crippen LogP contribution in [0.1, 0.15) is 10.4 Å². The van der Waals surface area contributed by atoms with Gasteiger partial charge in [-0.3, -0.25) is 4.79 Å². The van der Waals surface area contributed by atoms with Gasteiger partial charge in [0.05, 0.1) is 12.7 Å². The van der Waals surface area contributed by atoms with Crippen LogP contribution < -0.4 is 5.32 Å². The summed E-state index contributed by atoms with van der Waals surface area (Å²) >= 11 is 5.90. The van der Waals surface area contributed by atoms with Gasteiger partial charge in [-0.05, 0) is 30.3 Å². The fraction of sp³-hybridized carbons (Fsp3) is 0.389. The summed E-state index contributed by atoms with van der Waals surface area (Å²) in [7, 11) is 0. The van der Waals surface area contributed by atoms with E-state index < -0.39 is 0 Å². The average Bonchev–Trinajstić information content (AvgIpc) is 3.22. The Morgan fingerprint density at radius 3 is 2.76 bits per heavy atom. The first-order valence-electron chi connectivity index (χ1n) is 8.38. The van der Waals surface area contributed by atoms with Crippen LogP contribution in [0.2, 0.25) is 5.02 Å². The summed E-state index contributed by atoms with van der Waals surface area (Å²) in [6.07, 6.45) is 3.54. The van der Waals surface area contributed by atoms with Crippen molar-refractivity contribution in [2.45, 2.75) is 6.10 Å². The predicted molar refractivity (Wildman–Crippen MR) is 94.6 cm³/mol. The van der Waals surface area contributed by atoms with Gasteiger partial charge in [-0.25, -0.2) is 9.97 Å². The average molecular weight is 359 g/mol. The molecule has 0 bridgehead atoms. The summed E-state index contributed by atoms with van der Waals surface area (Å²) in [6, 6.07) is 8.82. The number of carbonyl (C=O) groups is 1. The summed E-state index contributed by atoms with van der Waals surface area (Å²) in [5.74, 6) is 1.34. The first-order valence-corrected chi connectivity index (χ1v) is 8.76. The number of nitrogens with zero attached hydrogens (tertiary/aromatic N) is 3. The lowest BCUT2D eigenvalue weighted by atomic mass is 9.93. The zero-order valence-electron chi connectivity index (χ0n) is 13.6. The maximum absolute atomic E-state index is 12.7. The molecule has 2 aliphatic heterocycles. The monoisotopic (exact) mass is 358 g/mol. The van der Waals surface area contributed by atoms with Crippen molar-refractivity contribution in [3.63, 3.8) is 0 Å². The highest BCUT2D eigenvalue weighted by Gasteiger charge is 2.45. The Morgan fingerprint density at radius 2 is 2.00 bits per heavy atom. The number of aromatic nitrogens is 2. The van der Waals surface area contributed by atoms with Crippen LogP contribution in [0.5, 0.6) is 0 Å². The van der Waals surface area contributed by atoms with Crippen LogP contribution >= 0.6 is 11.6 Å². The molecule has 0 unspecified atom stereocenters. The third-order valence-corrected chi connectivity index (χ3v) is 5.16. The van der Waals surface area contributed by atoms with E-state index in [0.29, 0.717) is 48.1 Å². The highest BCUT2D eigenvalue weighted by atomic mass is 35.5. The normalized spacial score (nSPS) is 25.0. The number of anilines is 1. The van der Waals surface area contributed by atoms with E-state index in [2.05, 4.69) is 15.3 Å². The van der Waals surface area contributed by atoms with Crippen molar-refractivity contribution < 1.29 is 9.53 Å². The molecule has 2 aromatic rings. The van der Waals surface area contributed by atoms with Gasteiger partial charge in [0.1, 0.15) is 0 Å². The number of carbonyl (C=O) groups excluding carboxylic acids is 1. The number of rotatable bonds is 4. The van der Waals surface area contributed by atoms with Crippen molar-refractivity contribution in [2.75, 3.05) is 31.6 Å². The lowest BCUT2D eigenvalue weighted by Gasteiger charge is -2.20. The van der Waals surface area contributed by atoms with Gasteiger partial charge >= 0.3 is 0 Å². The highest BCUT2D eigenvalue weighted by Crippen LogP contribution is 2.34. The topological polar surface area (TPSA) is 67.4 Å². The molecule has 7 heteroatoms. The third-order valence-electron chi connectivity index (χ3n) is 4.91. The lowest BCUT2D eigenvalue weighted by molar-refractivity contribution is 0.0680. The molecule has 1 aromatic carbocycles.